The van der Waals surface area contributed by atoms with Gasteiger partial charge in [0.2, 0.25) is 0 Å². The molecule has 1 saturated carbocycles. The van der Waals surface area contributed by atoms with Gasteiger partial charge in [-0.15, -0.1) is 0 Å². The van der Waals surface area contributed by atoms with Crippen molar-refractivity contribution in [2.24, 2.45) is 5.73 Å². The number of hydrogen-bond donors (Lipinski definition) is 3. The SMILES string of the molecule is NCC#Cc1cc(F)ccc1NS(=O)(=O)NC1CC1. The molecule has 1 aromatic rings. The first-order valence-corrected chi connectivity index (χ1v) is 7.27. The van der Waals surface area contributed by atoms with Gasteiger partial charge in [-0.2, -0.15) is 13.1 Å². The first-order chi connectivity index (χ1) is 9.00. The van der Waals surface area contributed by atoms with Crippen molar-refractivity contribution in [3.63, 3.8) is 0 Å². The number of rotatable bonds is 4. The Hall–Kier alpha value is -1.62. The number of anilines is 1. The van der Waals surface area contributed by atoms with Crippen LogP contribution in [0.2, 0.25) is 0 Å². The van der Waals surface area contributed by atoms with E-state index in [9.17, 15) is 12.8 Å². The lowest BCUT2D eigenvalue weighted by Gasteiger charge is -2.10. The van der Waals surface area contributed by atoms with Gasteiger partial charge in [0.1, 0.15) is 5.82 Å². The summed E-state index contributed by atoms with van der Waals surface area (Å²) in [6, 6.07) is 3.67. The maximum atomic E-state index is 13.1. The van der Waals surface area contributed by atoms with Crippen molar-refractivity contribution >= 4 is 15.9 Å². The van der Waals surface area contributed by atoms with Crippen LogP contribution in [0.4, 0.5) is 10.1 Å². The van der Waals surface area contributed by atoms with E-state index in [1.165, 1.54) is 12.1 Å². The van der Waals surface area contributed by atoms with Crippen LogP contribution < -0.4 is 15.2 Å². The zero-order valence-electron chi connectivity index (χ0n) is 10.1. The Kier molecular flexibility index (Phi) is 4.04. The lowest BCUT2D eigenvalue weighted by molar-refractivity contribution is 0.586. The van der Waals surface area contributed by atoms with Gasteiger partial charge >= 0.3 is 0 Å². The fourth-order valence-corrected chi connectivity index (χ4v) is 2.65. The molecule has 7 heteroatoms. The van der Waals surface area contributed by atoms with Gasteiger partial charge in [-0.25, -0.2) is 4.39 Å². The van der Waals surface area contributed by atoms with Gasteiger partial charge in [-0.1, -0.05) is 11.8 Å². The smallest absolute Gasteiger partial charge is 0.299 e. The third-order valence-electron chi connectivity index (χ3n) is 2.45. The molecule has 0 radical (unpaired) electrons. The molecule has 0 spiro atoms. The maximum Gasteiger partial charge on any atom is 0.299 e. The van der Waals surface area contributed by atoms with Crippen LogP contribution in [0.5, 0.6) is 0 Å². The predicted molar refractivity (Wildman–Crippen MR) is 71.0 cm³/mol. The summed E-state index contributed by atoms with van der Waals surface area (Å²) in [7, 11) is -3.65. The molecular weight excluding hydrogens is 269 g/mol. The summed E-state index contributed by atoms with van der Waals surface area (Å²) in [5.41, 5.74) is 5.74. The average Bonchev–Trinajstić information content (AvgIpc) is 3.12. The lowest BCUT2D eigenvalue weighted by atomic mass is 10.2. The highest BCUT2D eigenvalue weighted by atomic mass is 32.2. The van der Waals surface area contributed by atoms with Gasteiger partial charge in [0.25, 0.3) is 10.2 Å². The van der Waals surface area contributed by atoms with Crippen molar-refractivity contribution in [3.8, 4) is 11.8 Å². The Morgan fingerprint density at radius 3 is 2.79 bits per heavy atom. The molecule has 0 aliphatic heterocycles. The Morgan fingerprint density at radius 1 is 1.42 bits per heavy atom. The zero-order valence-corrected chi connectivity index (χ0v) is 10.9. The van der Waals surface area contributed by atoms with Crippen LogP contribution in [0.25, 0.3) is 0 Å². The van der Waals surface area contributed by atoms with Crippen LogP contribution >= 0.6 is 0 Å². The second-order valence-electron chi connectivity index (χ2n) is 4.19. The minimum Gasteiger partial charge on any atom is -0.320 e. The fraction of sp³-hybridized carbons (Fsp3) is 0.333. The summed E-state index contributed by atoms with van der Waals surface area (Å²) < 4.78 is 41.5. The standard InChI is InChI=1S/C12H14FN3O2S/c13-10-3-6-12(9(8-10)2-1-7-14)16-19(17,18)15-11-4-5-11/h3,6,8,11,15-16H,4-5,7,14H2. The molecule has 0 saturated heterocycles. The molecule has 19 heavy (non-hydrogen) atoms. The van der Waals surface area contributed by atoms with Gasteiger partial charge in [0.15, 0.2) is 0 Å². The van der Waals surface area contributed by atoms with Gasteiger partial charge in [0, 0.05) is 6.04 Å². The van der Waals surface area contributed by atoms with E-state index in [1.54, 1.807) is 0 Å². The molecule has 0 atom stereocenters. The molecule has 1 aliphatic carbocycles. The minimum atomic E-state index is -3.65. The monoisotopic (exact) mass is 283 g/mol. The van der Waals surface area contributed by atoms with Crippen LogP contribution in [0.3, 0.4) is 0 Å². The molecule has 1 aromatic carbocycles. The summed E-state index contributed by atoms with van der Waals surface area (Å²) in [5, 5.41) is 0. The van der Waals surface area contributed by atoms with E-state index >= 15 is 0 Å². The molecule has 102 valence electrons. The molecule has 0 amide bonds. The van der Waals surface area contributed by atoms with Crippen LogP contribution in [0.1, 0.15) is 18.4 Å². The highest BCUT2D eigenvalue weighted by molar-refractivity contribution is 7.90. The first-order valence-electron chi connectivity index (χ1n) is 5.79. The number of nitrogens with two attached hydrogens (primary N) is 1. The summed E-state index contributed by atoms with van der Waals surface area (Å²) in [6.07, 6.45) is 1.67. The van der Waals surface area contributed by atoms with Crippen LogP contribution in [-0.2, 0) is 10.2 Å². The Bertz CT molecular complexity index is 630. The highest BCUT2D eigenvalue weighted by Crippen LogP contribution is 2.21. The number of hydrogen-bond acceptors (Lipinski definition) is 3. The predicted octanol–water partition coefficient (Wildman–Crippen LogP) is 0.545. The van der Waals surface area contributed by atoms with E-state index < -0.39 is 16.0 Å². The molecule has 0 aromatic heterocycles. The third-order valence-corrected chi connectivity index (χ3v) is 3.58. The maximum absolute atomic E-state index is 13.1. The quantitative estimate of drug-likeness (QED) is 0.705. The van der Waals surface area contributed by atoms with E-state index in [2.05, 4.69) is 21.3 Å². The third kappa shape index (κ3) is 4.21. The highest BCUT2D eigenvalue weighted by Gasteiger charge is 2.27. The van der Waals surface area contributed by atoms with Gasteiger partial charge in [-0.3, -0.25) is 4.72 Å². The van der Waals surface area contributed by atoms with Crippen molar-refractivity contribution in [2.45, 2.75) is 18.9 Å². The number of nitrogens with one attached hydrogen (secondary N) is 2. The van der Waals surface area contributed by atoms with Gasteiger partial charge in [0.05, 0.1) is 17.8 Å². The van der Waals surface area contributed by atoms with E-state index in [0.717, 1.165) is 18.9 Å². The van der Waals surface area contributed by atoms with Gasteiger partial charge < -0.3 is 5.73 Å². The fourth-order valence-electron chi connectivity index (χ4n) is 1.45. The molecule has 0 bridgehead atoms. The van der Waals surface area contributed by atoms with Crippen molar-refractivity contribution < 1.29 is 12.8 Å². The Balaban J connectivity index is 2.23. The van der Waals surface area contributed by atoms with Crippen molar-refractivity contribution in [3.05, 3.63) is 29.6 Å². The Labute approximate surface area is 111 Å². The van der Waals surface area contributed by atoms with E-state index in [1.807, 2.05) is 0 Å². The average molecular weight is 283 g/mol. The molecule has 0 unspecified atom stereocenters. The second kappa shape index (κ2) is 5.57. The topological polar surface area (TPSA) is 84.2 Å². The van der Waals surface area contributed by atoms with E-state index in [0.29, 0.717) is 0 Å². The molecule has 5 nitrogen and oxygen atoms in total. The number of benzene rings is 1. The molecule has 1 fully saturated rings. The summed E-state index contributed by atoms with van der Waals surface area (Å²) in [5.74, 6) is 4.72. The van der Waals surface area contributed by atoms with E-state index in [4.69, 9.17) is 5.73 Å². The molecule has 2 rings (SSSR count). The molecule has 4 N–H and O–H groups in total. The summed E-state index contributed by atoms with van der Waals surface area (Å²) in [6.45, 7) is 0.114. The number of halogens is 1. The summed E-state index contributed by atoms with van der Waals surface area (Å²) >= 11 is 0. The molecule has 0 heterocycles. The summed E-state index contributed by atoms with van der Waals surface area (Å²) in [4.78, 5) is 0. The van der Waals surface area contributed by atoms with Crippen LogP contribution in [0, 0.1) is 17.7 Å². The van der Waals surface area contributed by atoms with Crippen molar-refractivity contribution in [1.29, 1.82) is 0 Å². The minimum absolute atomic E-state index is 0.00322. The van der Waals surface area contributed by atoms with Crippen molar-refractivity contribution in [2.75, 3.05) is 11.3 Å². The van der Waals surface area contributed by atoms with Gasteiger partial charge in [-0.05, 0) is 31.0 Å². The first kappa shape index (κ1) is 13.8. The molecular formula is C12H14FN3O2S. The van der Waals surface area contributed by atoms with Crippen LogP contribution in [-0.4, -0.2) is 21.0 Å². The second-order valence-corrected chi connectivity index (χ2v) is 5.64. The van der Waals surface area contributed by atoms with E-state index in [-0.39, 0.29) is 23.8 Å². The zero-order chi connectivity index (χ0) is 13.9. The molecule has 1 aliphatic rings. The normalized spacial score (nSPS) is 14.6. The largest absolute Gasteiger partial charge is 0.320 e. The lowest BCUT2D eigenvalue weighted by Crippen LogP contribution is -2.32. The van der Waals surface area contributed by atoms with Crippen LogP contribution in [0.15, 0.2) is 18.2 Å². The van der Waals surface area contributed by atoms with Crippen molar-refractivity contribution in [1.82, 2.24) is 4.72 Å². The Morgan fingerprint density at radius 2 is 2.16 bits per heavy atom.